The molecular weight excluding hydrogens is 366 g/mol. The number of quaternary nitrogens is 1. The maximum Gasteiger partial charge on any atom is 0.259 e. The number of nitriles is 1. The number of aromatic nitrogens is 2. The minimum Gasteiger partial charge on any atom is -0.506 e. The van der Waals surface area contributed by atoms with Crippen LogP contribution in [0.5, 0.6) is 0 Å². The number of anilines is 1. The molecule has 0 amide bonds. The minimum atomic E-state index is -0.324. The number of aliphatic hydroxyl groups excluding tert-OH is 1. The van der Waals surface area contributed by atoms with Crippen LogP contribution in [-0.2, 0) is 0 Å². The molecule has 0 saturated carbocycles. The predicted molar refractivity (Wildman–Crippen MR) is 112 cm³/mol. The maximum atomic E-state index is 12.3. The molecule has 0 unspecified atom stereocenters. The van der Waals surface area contributed by atoms with Gasteiger partial charge in [-0.3, -0.25) is 4.79 Å². The van der Waals surface area contributed by atoms with Gasteiger partial charge in [-0.25, -0.2) is 4.98 Å². The minimum absolute atomic E-state index is 0.0193. The standard InChI is InChI=1S/C22H21N5O2/c23-14-18(21-24-19-9-5-4-8-17(19)22(29)25-21)20(28)15-26-10-12-27(13-11-26)16-6-2-1-3-7-16/h1-9,28H,10-13,15H2,(H,24,25,29)/p+1/b20-18-. The Morgan fingerprint density at radius 2 is 1.83 bits per heavy atom. The molecule has 3 aromatic rings. The van der Waals surface area contributed by atoms with Gasteiger partial charge in [0.2, 0.25) is 0 Å². The van der Waals surface area contributed by atoms with Crippen molar-refractivity contribution in [2.24, 2.45) is 0 Å². The zero-order chi connectivity index (χ0) is 20.2. The predicted octanol–water partition coefficient (Wildman–Crippen LogP) is 1.12. The Kier molecular flexibility index (Phi) is 5.27. The lowest BCUT2D eigenvalue weighted by molar-refractivity contribution is -0.897. The molecule has 0 atom stereocenters. The monoisotopic (exact) mass is 388 g/mol. The molecule has 3 N–H and O–H groups in total. The molecule has 7 nitrogen and oxygen atoms in total. The number of piperazine rings is 1. The van der Waals surface area contributed by atoms with Gasteiger partial charge in [0, 0.05) is 5.69 Å². The molecule has 0 radical (unpaired) electrons. The number of aliphatic hydroxyl groups is 1. The first kappa shape index (κ1) is 18.7. The van der Waals surface area contributed by atoms with Crippen molar-refractivity contribution >= 4 is 22.2 Å². The third-order valence-electron chi connectivity index (χ3n) is 5.26. The van der Waals surface area contributed by atoms with Crippen molar-refractivity contribution < 1.29 is 10.0 Å². The number of fused-ring (bicyclic) bond motifs is 1. The first-order chi connectivity index (χ1) is 14.2. The summed E-state index contributed by atoms with van der Waals surface area (Å²) in [7, 11) is 0. The van der Waals surface area contributed by atoms with E-state index >= 15 is 0 Å². The second-order valence-electron chi connectivity index (χ2n) is 7.11. The highest BCUT2D eigenvalue weighted by Crippen LogP contribution is 2.15. The van der Waals surface area contributed by atoms with Gasteiger partial charge >= 0.3 is 0 Å². The Morgan fingerprint density at radius 1 is 1.14 bits per heavy atom. The Morgan fingerprint density at radius 3 is 2.55 bits per heavy atom. The largest absolute Gasteiger partial charge is 0.506 e. The molecule has 0 aliphatic carbocycles. The van der Waals surface area contributed by atoms with E-state index in [1.165, 1.54) is 10.6 Å². The average Bonchev–Trinajstić information content (AvgIpc) is 2.75. The van der Waals surface area contributed by atoms with Gasteiger partial charge in [0.1, 0.15) is 18.2 Å². The van der Waals surface area contributed by atoms with Crippen LogP contribution in [0, 0.1) is 11.3 Å². The Labute approximate surface area is 168 Å². The van der Waals surface area contributed by atoms with Gasteiger partial charge in [-0.05, 0) is 24.3 Å². The summed E-state index contributed by atoms with van der Waals surface area (Å²) in [4.78, 5) is 22.8. The number of hydrogen-bond donors (Lipinski definition) is 3. The van der Waals surface area contributed by atoms with Crippen LogP contribution in [0.2, 0.25) is 0 Å². The van der Waals surface area contributed by atoms with Crippen LogP contribution < -0.4 is 15.4 Å². The number of rotatable bonds is 4. The van der Waals surface area contributed by atoms with Crippen LogP contribution >= 0.6 is 0 Å². The van der Waals surface area contributed by atoms with Crippen LogP contribution in [0.25, 0.3) is 16.5 Å². The summed E-state index contributed by atoms with van der Waals surface area (Å²) in [6, 6.07) is 19.2. The lowest BCUT2D eigenvalue weighted by Gasteiger charge is -2.33. The Hall–Kier alpha value is -3.63. The van der Waals surface area contributed by atoms with Crippen molar-refractivity contribution in [2.75, 3.05) is 37.6 Å². The zero-order valence-electron chi connectivity index (χ0n) is 15.9. The summed E-state index contributed by atoms with van der Waals surface area (Å²) >= 11 is 0. The van der Waals surface area contributed by atoms with Gasteiger partial charge in [-0.15, -0.1) is 0 Å². The molecule has 1 saturated heterocycles. The number of nitrogens with one attached hydrogen (secondary N) is 2. The van der Waals surface area contributed by atoms with E-state index in [-0.39, 0.29) is 22.7 Å². The van der Waals surface area contributed by atoms with E-state index in [1.807, 2.05) is 24.3 Å². The molecule has 1 aromatic heterocycles. The fourth-order valence-electron chi connectivity index (χ4n) is 3.68. The van der Waals surface area contributed by atoms with Crippen molar-refractivity contribution in [1.29, 1.82) is 5.26 Å². The van der Waals surface area contributed by atoms with Crippen molar-refractivity contribution in [1.82, 2.24) is 9.97 Å². The quantitative estimate of drug-likeness (QED) is 0.460. The number of H-pyrrole nitrogens is 1. The molecule has 1 aliphatic rings. The van der Waals surface area contributed by atoms with Crippen LogP contribution in [0.4, 0.5) is 5.69 Å². The summed E-state index contributed by atoms with van der Waals surface area (Å²) in [6.07, 6.45) is 0. The number of allylic oxidation sites excluding steroid dienone is 1. The van der Waals surface area contributed by atoms with Gasteiger partial charge in [-0.1, -0.05) is 30.3 Å². The topological polar surface area (TPSA) is 97.4 Å². The van der Waals surface area contributed by atoms with Crippen molar-refractivity contribution in [2.45, 2.75) is 0 Å². The van der Waals surface area contributed by atoms with Crippen molar-refractivity contribution in [3.8, 4) is 6.07 Å². The molecule has 0 spiro atoms. The van der Waals surface area contributed by atoms with Gasteiger partial charge in [0.05, 0.1) is 37.1 Å². The number of nitrogens with zero attached hydrogens (tertiary/aromatic N) is 3. The van der Waals surface area contributed by atoms with E-state index in [0.717, 1.165) is 26.2 Å². The van der Waals surface area contributed by atoms with Gasteiger partial charge < -0.3 is 19.9 Å². The average molecular weight is 388 g/mol. The van der Waals surface area contributed by atoms with E-state index in [2.05, 4.69) is 27.0 Å². The normalized spacial score (nSPS) is 15.8. The first-order valence-corrected chi connectivity index (χ1v) is 9.61. The Bertz CT molecular complexity index is 1140. The first-order valence-electron chi connectivity index (χ1n) is 9.61. The molecule has 2 aromatic carbocycles. The lowest BCUT2D eigenvalue weighted by Crippen LogP contribution is -3.15. The van der Waals surface area contributed by atoms with E-state index in [9.17, 15) is 15.2 Å². The second kappa shape index (κ2) is 8.17. The molecule has 7 heteroatoms. The molecule has 29 heavy (non-hydrogen) atoms. The highest BCUT2D eigenvalue weighted by Gasteiger charge is 2.23. The van der Waals surface area contributed by atoms with Gasteiger partial charge in [0.15, 0.2) is 11.6 Å². The molecule has 0 bridgehead atoms. The summed E-state index contributed by atoms with van der Waals surface area (Å²) in [6.45, 7) is 3.76. The van der Waals surface area contributed by atoms with Crippen LogP contribution in [0.3, 0.4) is 0 Å². The molecule has 2 heterocycles. The highest BCUT2D eigenvalue weighted by atomic mass is 16.3. The summed E-state index contributed by atoms with van der Waals surface area (Å²) in [5.41, 5.74) is 1.39. The molecule has 4 rings (SSSR count). The zero-order valence-corrected chi connectivity index (χ0v) is 15.9. The maximum absolute atomic E-state index is 12.3. The third-order valence-corrected chi connectivity index (χ3v) is 5.26. The van der Waals surface area contributed by atoms with Crippen molar-refractivity contribution in [3.05, 3.63) is 76.5 Å². The van der Waals surface area contributed by atoms with Crippen LogP contribution in [-0.4, -0.2) is 47.8 Å². The van der Waals surface area contributed by atoms with E-state index < -0.39 is 0 Å². The molecule has 1 fully saturated rings. The Balaban J connectivity index is 1.51. The summed E-state index contributed by atoms with van der Waals surface area (Å²) in [5.74, 6) is 0.0603. The number of aromatic amines is 1. The van der Waals surface area contributed by atoms with E-state index in [0.29, 0.717) is 17.4 Å². The summed E-state index contributed by atoms with van der Waals surface area (Å²) < 4.78 is 0. The second-order valence-corrected chi connectivity index (χ2v) is 7.11. The summed E-state index contributed by atoms with van der Waals surface area (Å²) in [5, 5.41) is 20.7. The highest BCUT2D eigenvalue weighted by molar-refractivity contribution is 5.81. The van der Waals surface area contributed by atoms with Crippen LogP contribution in [0.15, 0.2) is 65.2 Å². The molecule has 146 valence electrons. The van der Waals surface area contributed by atoms with Gasteiger partial charge in [-0.2, -0.15) is 5.26 Å². The van der Waals surface area contributed by atoms with Crippen molar-refractivity contribution in [3.63, 3.8) is 0 Å². The number of hydrogen-bond acceptors (Lipinski definition) is 5. The molecule has 1 aliphatic heterocycles. The lowest BCUT2D eigenvalue weighted by atomic mass is 10.2. The van der Waals surface area contributed by atoms with E-state index in [4.69, 9.17) is 0 Å². The van der Waals surface area contributed by atoms with Gasteiger partial charge in [0.25, 0.3) is 5.56 Å². The molecular formula is C22H22N5O2+. The third kappa shape index (κ3) is 3.98. The smallest absolute Gasteiger partial charge is 0.259 e. The number of para-hydroxylation sites is 2. The fourth-order valence-corrected chi connectivity index (χ4v) is 3.68. The van der Waals surface area contributed by atoms with E-state index in [1.54, 1.807) is 24.3 Å². The number of benzene rings is 2. The SMILES string of the molecule is N#C/C(=C(/O)C[NH+]1CCN(c2ccccc2)CC1)c1nc2ccccc2c(=O)[nH]1. The van der Waals surface area contributed by atoms with Crippen LogP contribution in [0.1, 0.15) is 5.82 Å². The fraction of sp³-hybridized carbons (Fsp3) is 0.227.